The number of halogens is 3. The molecule has 1 aliphatic rings. The van der Waals surface area contributed by atoms with Crippen molar-refractivity contribution < 1.29 is 18.0 Å². The molecule has 0 bridgehead atoms. The van der Waals surface area contributed by atoms with E-state index in [9.17, 15) is 18.0 Å². The molecule has 0 unspecified atom stereocenters. The molecular formula is C15H13F3N4OS. The summed E-state index contributed by atoms with van der Waals surface area (Å²) in [5, 5.41) is 2.59. The minimum Gasteiger partial charge on any atom is -0.324 e. The lowest BCUT2D eigenvalue weighted by Crippen LogP contribution is -2.16. The molecular weight excluding hydrogens is 341 g/mol. The van der Waals surface area contributed by atoms with Crippen LogP contribution in [0.4, 0.5) is 18.9 Å². The molecule has 0 atom stereocenters. The highest BCUT2D eigenvalue weighted by Crippen LogP contribution is 2.36. The lowest BCUT2D eigenvalue weighted by atomic mass is 10.2. The highest BCUT2D eigenvalue weighted by atomic mass is 32.2. The Kier molecular flexibility index (Phi) is 4.70. The summed E-state index contributed by atoms with van der Waals surface area (Å²) in [4.78, 5) is 23.5. The molecule has 1 aliphatic carbocycles. The number of pyridine rings is 1. The first-order valence-corrected chi connectivity index (χ1v) is 8.21. The second-order valence-electron chi connectivity index (χ2n) is 5.21. The van der Waals surface area contributed by atoms with Gasteiger partial charge in [-0.05, 0) is 31.4 Å². The van der Waals surface area contributed by atoms with Gasteiger partial charge in [-0.15, -0.1) is 0 Å². The molecule has 2 aromatic rings. The number of fused-ring (bicyclic) bond motifs is 1. The van der Waals surface area contributed by atoms with E-state index < -0.39 is 11.9 Å². The van der Waals surface area contributed by atoms with Crippen molar-refractivity contribution in [1.82, 2.24) is 15.0 Å². The Morgan fingerprint density at radius 1 is 1.29 bits per heavy atom. The largest absolute Gasteiger partial charge is 0.433 e. The molecule has 2 heterocycles. The molecule has 0 saturated heterocycles. The molecule has 126 valence electrons. The van der Waals surface area contributed by atoms with Gasteiger partial charge in [-0.2, -0.15) is 13.2 Å². The monoisotopic (exact) mass is 354 g/mol. The van der Waals surface area contributed by atoms with E-state index >= 15 is 0 Å². The Hall–Kier alpha value is -2.16. The van der Waals surface area contributed by atoms with Gasteiger partial charge in [0.05, 0.1) is 17.6 Å². The molecule has 1 amide bonds. The summed E-state index contributed by atoms with van der Waals surface area (Å²) < 4.78 is 39.4. The zero-order valence-electron chi connectivity index (χ0n) is 12.4. The maximum absolute atomic E-state index is 13.1. The molecule has 24 heavy (non-hydrogen) atoms. The van der Waals surface area contributed by atoms with Gasteiger partial charge in [-0.25, -0.2) is 9.97 Å². The normalized spacial score (nSPS) is 13.6. The summed E-state index contributed by atoms with van der Waals surface area (Å²) >= 11 is 0.889. The quantitative estimate of drug-likeness (QED) is 0.675. The zero-order chi connectivity index (χ0) is 17.2. The van der Waals surface area contributed by atoms with Crippen LogP contribution in [0.1, 0.15) is 23.4 Å². The van der Waals surface area contributed by atoms with Crippen LogP contribution in [-0.2, 0) is 23.8 Å². The zero-order valence-corrected chi connectivity index (χ0v) is 13.2. The van der Waals surface area contributed by atoms with E-state index in [2.05, 4.69) is 20.3 Å². The number of thioether (sulfide) groups is 1. The number of carbonyl (C=O) groups is 1. The van der Waals surface area contributed by atoms with Crippen LogP contribution >= 0.6 is 11.8 Å². The number of nitrogens with zero attached hydrogens (tertiary/aromatic N) is 3. The van der Waals surface area contributed by atoms with E-state index in [1.165, 1.54) is 6.20 Å². The Morgan fingerprint density at radius 3 is 2.83 bits per heavy atom. The van der Waals surface area contributed by atoms with Crippen molar-refractivity contribution >= 4 is 23.4 Å². The first-order chi connectivity index (χ1) is 11.4. The van der Waals surface area contributed by atoms with E-state index in [1.807, 2.05) is 0 Å². The van der Waals surface area contributed by atoms with E-state index in [4.69, 9.17) is 0 Å². The average Bonchev–Trinajstić information content (AvgIpc) is 3.00. The third-order valence-corrected chi connectivity index (χ3v) is 4.31. The van der Waals surface area contributed by atoms with Crippen LogP contribution in [0.2, 0.25) is 0 Å². The van der Waals surface area contributed by atoms with Crippen molar-refractivity contribution in [3.63, 3.8) is 0 Å². The number of aryl methyl sites for hydroxylation is 1. The van der Waals surface area contributed by atoms with Gasteiger partial charge in [0.25, 0.3) is 0 Å². The number of carbonyl (C=O) groups excluding carboxylic acids is 1. The number of anilines is 1. The van der Waals surface area contributed by atoms with Crippen LogP contribution in [0, 0.1) is 0 Å². The van der Waals surface area contributed by atoms with Gasteiger partial charge >= 0.3 is 6.18 Å². The van der Waals surface area contributed by atoms with E-state index in [1.54, 1.807) is 18.3 Å². The van der Waals surface area contributed by atoms with Crippen LogP contribution in [0.15, 0.2) is 29.7 Å². The van der Waals surface area contributed by atoms with Crippen LogP contribution in [-0.4, -0.2) is 26.6 Å². The van der Waals surface area contributed by atoms with Crippen molar-refractivity contribution in [3.8, 4) is 0 Å². The maximum Gasteiger partial charge on any atom is 0.433 e. The van der Waals surface area contributed by atoms with Crippen molar-refractivity contribution in [2.45, 2.75) is 30.6 Å². The molecule has 0 aliphatic heterocycles. The van der Waals surface area contributed by atoms with Crippen molar-refractivity contribution in [1.29, 1.82) is 0 Å². The first-order valence-electron chi connectivity index (χ1n) is 7.23. The fraction of sp³-hybridized carbons (Fsp3) is 0.333. The maximum atomic E-state index is 13.1. The van der Waals surface area contributed by atoms with Gasteiger partial charge in [0.2, 0.25) is 5.91 Å². The smallest absolute Gasteiger partial charge is 0.324 e. The molecule has 0 aromatic carbocycles. The predicted octanol–water partition coefficient (Wildman–Crippen LogP) is 3.11. The Bertz CT molecular complexity index is 752. The van der Waals surface area contributed by atoms with E-state index in [0.717, 1.165) is 11.8 Å². The highest BCUT2D eigenvalue weighted by molar-refractivity contribution is 7.99. The van der Waals surface area contributed by atoms with Crippen LogP contribution in [0.25, 0.3) is 0 Å². The van der Waals surface area contributed by atoms with Gasteiger partial charge in [0.15, 0.2) is 10.9 Å². The van der Waals surface area contributed by atoms with Crippen molar-refractivity contribution in [3.05, 3.63) is 41.5 Å². The van der Waals surface area contributed by atoms with Crippen molar-refractivity contribution in [2.75, 3.05) is 11.1 Å². The number of amides is 1. The first kappa shape index (κ1) is 16.7. The van der Waals surface area contributed by atoms with Crippen LogP contribution < -0.4 is 5.32 Å². The molecule has 0 radical (unpaired) electrons. The minimum absolute atomic E-state index is 0.0238. The third-order valence-electron chi connectivity index (χ3n) is 3.46. The number of hydrogen-bond donors (Lipinski definition) is 1. The molecule has 0 spiro atoms. The van der Waals surface area contributed by atoms with Gasteiger partial charge in [-0.3, -0.25) is 9.78 Å². The summed E-state index contributed by atoms with van der Waals surface area (Å²) in [5.74, 6) is -0.434. The second-order valence-corrected chi connectivity index (χ2v) is 6.15. The molecule has 5 nitrogen and oxygen atoms in total. The summed E-state index contributed by atoms with van der Waals surface area (Å²) in [6, 6.07) is 3.34. The molecule has 0 fully saturated rings. The van der Waals surface area contributed by atoms with Crippen LogP contribution in [0.3, 0.4) is 0 Å². The molecule has 3 rings (SSSR count). The topological polar surface area (TPSA) is 67.8 Å². The minimum atomic E-state index is -4.51. The number of nitrogens with one attached hydrogen (secondary N) is 1. The van der Waals surface area contributed by atoms with Crippen LogP contribution in [0.5, 0.6) is 0 Å². The summed E-state index contributed by atoms with van der Waals surface area (Å²) in [6.07, 6.45) is 0.0397. The van der Waals surface area contributed by atoms with Gasteiger partial charge in [0.1, 0.15) is 0 Å². The summed E-state index contributed by atoms with van der Waals surface area (Å²) in [6.45, 7) is 0. The lowest BCUT2D eigenvalue weighted by Gasteiger charge is -2.12. The molecule has 1 N–H and O–H groups in total. The number of alkyl halides is 3. The number of rotatable bonds is 4. The summed E-state index contributed by atoms with van der Waals surface area (Å²) in [5.41, 5.74) is 0.272. The van der Waals surface area contributed by atoms with E-state index in [-0.39, 0.29) is 22.4 Å². The van der Waals surface area contributed by atoms with E-state index in [0.29, 0.717) is 30.6 Å². The van der Waals surface area contributed by atoms with Gasteiger partial charge in [-0.1, -0.05) is 11.8 Å². The number of aromatic nitrogens is 3. The predicted molar refractivity (Wildman–Crippen MR) is 82.6 cm³/mol. The lowest BCUT2D eigenvalue weighted by molar-refractivity contribution is -0.142. The summed E-state index contributed by atoms with van der Waals surface area (Å²) in [7, 11) is 0. The van der Waals surface area contributed by atoms with Gasteiger partial charge in [0, 0.05) is 17.5 Å². The molecule has 9 heteroatoms. The Morgan fingerprint density at radius 2 is 2.12 bits per heavy atom. The fourth-order valence-corrected chi connectivity index (χ4v) is 3.14. The number of hydrogen-bond acceptors (Lipinski definition) is 5. The Labute approximate surface area is 140 Å². The molecule has 2 aromatic heterocycles. The molecule has 0 saturated carbocycles. The SMILES string of the molecule is O=C(CSc1nc2c(c(C(F)(F)F)n1)CCC2)Nc1cccnc1. The Balaban J connectivity index is 1.70. The average molecular weight is 354 g/mol. The third kappa shape index (κ3) is 3.84. The fourth-order valence-electron chi connectivity index (χ4n) is 2.47. The second kappa shape index (κ2) is 6.76. The highest BCUT2D eigenvalue weighted by Gasteiger charge is 2.38. The van der Waals surface area contributed by atoms with Crippen molar-refractivity contribution in [2.24, 2.45) is 0 Å². The van der Waals surface area contributed by atoms with Gasteiger partial charge < -0.3 is 5.32 Å². The standard InChI is InChI=1S/C15H13F3N4OS/c16-15(17,18)13-10-4-1-5-11(10)21-14(22-13)24-8-12(23)20-9-3-2-6-19-7-9/h2-3,6-7H,1,4-5,8H2,(H,20,23).